The summed E-state index contributed by atoms with van der Waals surface area (Å²) >= 11 is 0. The lowest BCUT2D eigenvalue weighted by Gasteiger charge is -2.38. The zero-order valence-corrected chi connectivity index (χ0v) is 9.88. The first-order valence-electron chi connectivity index (χ1n) is 5.81. The molecule has 0 spiro atoms. The van der Waals surface area contributed by atoms with Crippen LogP contribution in [-0.2, 0) is 9.53 Å². The average Bonchev–Trinajstić information content (AvgIpc) is 2.50. The van der Waals surface area contributed by atoms with Crippen LogP contribution in [0.15, 0.2) is 0 Å². The Bertz CT molecular complexity index is 287. The molecule has 0 radical (unpaired) electrons. The van der Waals surface area contributed by atoms with E-state index in [-0.39, 0.29) is 24.0 Å². The van der Waals surface area contributed by atoms with Gasteiger partial charge < -0.3 is 10.5 Å². The summed E-state index contributed by atoms with van der Waals surface area (Å²) in [6.07, 6.45) is 3.56. The maximum atomic E-state index is 11.3. The van der Waals surface area contributed by atoms with Gasteiger partial charge in [-0.1, -0.05) is 20.8 Å². The van der Waals surface area contributed by atoms with Crippen molar-refractivity contribution in [1.29, 1.82) is 0 Å². The average molecular weight is 211 g/mol. The minimum absolute atomic E-state index is 0.00231. The lowest BCUT2D eigenvalue weighted by Crippen LogP contribution is -2.39. The maximum Gasteiger partial charge on any atom is 0.319 e. The summed E-state index contributed by atoms with van der Waals surface area (Å²) in [5, 5.41) is 0. The SMILES string of the molecule is CC1(C)C2CCC1(C)[C@@H](OC(=O)CN)C2. The first-order chi connectivity index (χ1) is 6.91. The summed E-state index contributed by atoms with van der Waals surface area (Å²) in [7, 11) is 0. The molecule has 2 bridgehead atoms. The van der Waals surface area contributed by atoms with E-state index in [1.807, 2.05) is 0 Å². The third kappa shape index (κ3) is 1.32. The molecule has 0 aliphatic heterocycles. The van der Waals surface area contributed by atoms with E-state index in [0.717, 1.165) is 6.42 Å². The van der Waals surface area contributed by atoms with Crippen LogP contribution < -0.4 is 5.73 Å². The molecular formula is C12H21NO2. The van der Waals surface area contributed by atoms with Crippen molar-refractivity contribution in [3.63, 3.8) is 0 Å². The molecule has 3 heteroatoms. The summed E-state index contributed by atoms with van der Waals surface area (Å²) in [6, 6.07) is 0. The summed E-state index contributed by atoms with van der Waals surface area (Å²) in [6.45, 7) is 6.87. The Kier molecular flexibility index (Phi) is 2.34. The highest BCUT2D eigenvalue weighted by Crippen LogP contribution is 2.66. The van der Waals surface area contributed by atoms with Gasteiger partial charge in [-0.25, -0.2) is 0 Å². The molecule has 2 aliphatic carbocycles. The second kappa shape index (κ2) is 3.21. The van der Waals surface area contributed by atoms with Crippen molar-refractivity contribution < 1.29 is 9.53 Å². The summed E-state index contributed by atoms with van der Waals surface area (Å²) in [5.41, 5.74) is 5.74. The van der Waals surface area contributed by atoms with Crippen LogP contribution in [-0.4, -0.2) is 18.6 Å². The van der Waals surface area contributed by atoms with Crippen molar-refractivity contribution in [2.75, 3.05) is 6.54 Å². The van der Waals surface area contributed by atoms with Crippen LogP contribution in [0.4, 0.5) is 0 Å². The fraction of sp³-hybridized carbons (Fsp3) is 0.917. The van der Waals surface area contributed by atoms with Crippen molar-refractivity contribution in [2.45, 2.75) is 46.1 Å². The molecular weight excluding hydrogens is 190 g/mol. The van der Waals surface area contributed by atoms with Crippen LogP contribution >= 0.6 is 0 Å². The maximum absolute atomic E-state index is 11.3. The Morgan fingerprint density at radius 2 is 2.13 bits per heavy atom. The second-order valence-corrected chi connectivity index (χ2v) is 5.79. The number of fused-ring (bicyclic) bond motifs is 2. The highest BCUT2D eigenvalue weighted by atomic mass is 16.5. The van der Waals surface area contributed by atoms with E-state index >= 15 is 0 Å². The van der Waals surface area contributed by atoms with E-state index < -0.39 is 0 Å². The van der Waals surface area contributed by atoms with Gasteiger partial charge in [0.2, 0.25) is 0 Å². The van der Waals surface area contributed by atoms with Crippen molar-refractivity contribution in [3.05, 3.63) is 0 Å². The third-order valence-corrected chi connectivity index (χ3v) is 5.15. The Morgan fingerprint density at radius 1 is 1.47 bits per heavy atom. The summed E-state index contributed by atoms with van der Waals surface area (Å²) in [5.74, 6) is 0.447. The Morgan fingerprint density at radius 3 is 2.53 bits per heavy atom. The number of esters is 1. The monoisotopic (exact) mass is 211 g/mol. The minimum atomic E-state index is -0.260. The molecule has 0 aromatic heterocycles. The molecule has 2 aliphatic rings. The molecule has 2 rings (SSSR count). The minimum Gasteiger partial charge on any atom is -0.461 e. The number of hydrogen-bond acceptors (Lipinski definition) is 3. The standard InChI is InChI=1S/C12H21NO2/c1-11(2)8-4-5-12(11,3)9(6-8)15-10(14)7-13/h8-9H,4-7,13H2,1-3H3/t8?,9-,12?/m0/s1. The van der Waals surface area contributed by atoms with Crippen molar-refractivity contribution in [2.24, 2.45) is 22.5 Å². The van der Waals surface area contributed by atoms with Crippen LogP contribution in [0, 0.1) is 16.7 Å². The molecule has 3 atom stereocenters. The van der Waals surface area contributed by atoms with Gasteiger partial charge in [0.15, 0.2) is 0 Å². The van der Waals surface area contributed by atoms with Gasteiger partial charge in [-0.2, -0.15) is 0 Å². The first-order valence-corrected chi connectivity index (χ1v) is 5.81. The van der Waals surface area contributed by atoms with Gasteiger partial charge in [0, 0.05) is 5.41 Å². The molecule has 0 saturated heterocycles. The van der Waals surface area contributed by atoms with Gasteiger partial charge >= 0.3 is 5.97 Å². The topological polar surface area (TPSA) is 52.3 Å². The number of nitrogens with two attached hydrogens (primary N) is 1. The molecule has 2 fully saturated rings. The van der Waals surface area contributed by atoms with Gasteiger partial charge in [0.05, 0.1) is 6.54 Å². The molecule has 0 amide bonds. The molecule has 0 aromatic rings. The lowest BCUT2D eigenvalue weighted by atomic mass is 9.70. The lowest BCUT2D eigenvalue weighted by molar-refractivity contribution is -0.155. The van der Waals surface area contributed by atoms with Crippen molar-refractivity contribution in [1.82, 2.24) is 0 Å². The van der Waals surface area contributed by atoms with Crippen molar-refractivity contribution >= 4 is 5.97 Å². The van der Waals surface area contributed by atoms with E-state index in [1.54, 1.807) is 0 Å². The van der Waals surface area contributed by atoms with Gasteiger partial charge in [-0.05, 0) is 30.6 Å². The van der Waals surface area contributed by atoms with Gasteiger partial charge in [-0.3, -0.25) is 4.79 Å². The van der Waals surface area contributed by atoms with E-state index in [0.29, 0.717) is 11.3 Å². The van der Waals surface area contributed by atoms with Gasteiger partial charge in [0.25, 0.3) is 0 Å². The van der Waals surface area contributed by atoms with Crippen LogP contribution in [0.5, 0.6) is 0 Å². The van der Waals surface area contributed by atoms with Crippen molar-refractivity contribution in [3.8, 4) is 0 Å². The molecule has 15 heavy (non-hydrogen) atoms. The zero-order valence-electron chi connectivity index (χ0n) is 9.88. The van der Waals surface area contributed by atoms with Crippen LogP contribution in [0.3, 0.4) is 0 Å². The van der Waals surface area contributed by atoms with Gasteiger partial charge in [0.1, 0.15) is 6.10 Å². The highest BCUT2D eigenvalue weighted by Gasteiger charge is 2.62. The molecule has 86 valence electrons. The number of carbonyl (C=O) groups is 1. The Balaban J connectivity index is 2.15. The van der Waals surface area contributed by atoms with Crippen LogP contribution in [0.1, 0.15) is 40.0 Å². The predicted molar refractivity (Wildman–Crippen MR) is 58.2 cm³/mol. The number of hydrogen-bond donors (Lipinski definition) is 1. The largest absolute Gasteiger partial charge is 0.461 e. The molecule has 0 heterocycles. The smallest absolute Gasteiger partial charge is 0.319 e. The predicted octanol–water partition coefficient (Wildman–Crippen LogP) is 1.70. The van der Waals surface area contributed by atoms with E-state index in [4.69, 9.17) is 10.5 Å². The quantitative estimate of drug-likeness (QED) is 0.707. The summed E-state index contributed by atoms with van der Waals surface area (Å²) < 4.78 is 5.47. The fourth-order valence-corrected chi connectivity index (χ4v) is 3.52. The third-order valence-electron chi connectivity index (χ3n) is 5.15. The molecule has 2 N–H and O–H groups in total. The Hall–Kier alpha value is -0.570. The Labute approximate surface area is 91.4 Å². The molecule has 2 saturated carbocycles. The zero-order chi connectivity index (χ0) is 11.3. The molecule has 2 unspecified atom stereocenters. The van der Waals surface area contributed by atoms with Crippen LogP contribution in [0.25, 0.3) is 0 Å². The fourth-order valence-electron chi connectivity index (χ4n) is 3.52. The number of rotatable bonds is 2. The highest BCUT2D eigenvalue weighted by molar-refractivity contribution is 5.71. The second-order valence-electron chi connectivity index (χ2n) is 5.79. The normalized spacial score (nSPS) is 41.9. The molecule has 0 aromatic carbocycles. The van der Waals surface area contributed by atoms with Crippen LogP contribution in [0.2, 0.25) is 0 Å². The van der Waals surface area contributed by atoms with E-state index in [9.17, 15) is 4.79 Å². The molecule has 3 nitrogen and oxygen atoms in total. The van der Waals surface area contributed by atoms with Gasteiger partial charge in [-0.15, -0.1) is 0 Å². The summed E-state index contributed by atoms with van der Waals surface area (Å²) in [4.78, 5) is 11.3. The number of carbonyl (C=O) groups excluding carboxylic acids is 1. The van der Waals surface area contributed by atoms with E-state index in [2.05, 4.69) is 20.8 Å². The van der Waals surface area contributed by atoms with E-state index in [1.165, 1.54) is 12.8 Å². The number of ether oxygens (including phenoxy) is 1. The first kappa shape index (κ1) is 10.9.